The normalized spacial score (nSPS) is 13.1. The van der Waals surface area contributed by atoms with Crippen molar-refractivity contribution >= 4 is 39.2 Å². The van der Waals surface area contributed by atoms with Gasteiger partial charge in [-0.25, -0.2) is 4.98 Å². The molecule has 0 atom stereocenters. The molecule has 0 radical (unpaired) electrons. The number of aromatic nitrogens is 2. The van der Waals surface area contributed by atoms with Crippen LogP contribution in [0.1, 0.15) is 28.0 Å². The summed E-state index contributed by atoms with van der Waals surface area (Å²) < 4.78 is 1.69. The first-order valence-electron chi connectivity index (χ1n) is 8.98. The third-order valence-corrected chi connectivity index (χ3v) is 7.04. The molecule has 0 aliphatic heterocycles. The Hall–Kier alpha value is -2.12. The van der Waals surface area contributed by atoms with E-state index >= 15 is 0 Å². The maximum Gasteiger partial charge on any atom is 0.267 e. The van der Waals surface area contributed by atoms with Crippen LogP contribution in [0, 0.1) is 13.8 Å². The van der Waals surface area contributed by atoms with Gasteiger partial charge in [0.15, 0.2) is 5.16 Å². The largest absolute Gasteiger partial charge is 0.358 e. The molecule has 0 bridgehead atoms. The van der Waals surface area contributed by atoms with Gasteiger partial charge in [-0.3, -0.25) is 14.2 Å². The molecule has 2 heterocycles. The predicted octanol–water partition coefficient (Wildman–Crippen LogP) is 3.39. The summed E-state index contributed by atoms with van der Waals surface area (Å²) >= 11 is 2.93. The van der Waals surface area contributed by atoms with Crippen molar-refractivity contribution in [1.82, 2.24) is 14.9 Å². The fourth-order valence-corrected chi connectivity index (χ4v) is 5.77. The average Bonchev–Trinajstić information content (AvgIpc) is 3.21. The molecule has 27 heavy (non-hydrogen) atoms. The number of carbonyl (C=O) groups is 1. The van der Waals surface area contributed by atoms with Gasteiger partial charge >= 0.3 is 0 Å². The molecule has 0 unspecified atom stereocenters. The third kappa shape index (κ3) is 3.19. The van der Waals surface area contributed by atoms with E-state index in [-0.39, 0.29) is 17.2 Å². The van der Waals surface area contributed by atoms with E-state index in [2.05, 4.69) is 11.4 Å². The van der Waals surface area contributed by atoms with Crippen molar-refractivity contribution in [3.63, 3.8) is 0 Å². The number of aryl methyl sites for hydroxylation is 4. The summed E-state index contributed by atoms with van der Waals surface area (Å²) in [6, 6.07) is 6.04. The first-order valence-corrected chi connectivity index (χ1v) is 10.8. The molecule has 1 aliphatic rings. The van der Waals surface area contributed by atoms with Crippen LogP contribution >= 0.6 is 23.1 Å². The van der Waals surface area contributed by atoms with Gasteiger partial charge in [-0.15, -0.1) is 11.3 Å². The molecule has 3 aromatic rings. The zero-order valence-electron chi connectivity index (χ0n) is 15.6. The van der Waals surface area contributed by atoms with Crippen LogP contribution in [-0.4, -0.2) is 28.3 Å². The number of benzene rings is 1. The Bertz CT molecular complexity index is 1110. The predicted molar refractivity (Wildman–Crippen MR) is 112 cm³/mol. The monoisotopic (exact) mass is 399 g/mol. The minimum absolute atomic E-state index is 0.0224. The topological polar surface area (TPSA) is 64.0 Å². The molecule has 5 nitrogen and oxygen atoms in total. The van der Waals surface area contributed by atoms with Crippen molar-refractivity contribution in [2.75, 3.05) is 12.8 Å². The lowest BCUT2D eigenvalue weighted by molar-refractivity contribution is -0.118. The molecule has 2 aromatic heterocycles. The molecule has 1 aromatic carbocycles. The quantitative estimate of drug-likeness (QED) is 0.540. The van der Waals surface area contributed by atoms with Crippen LogP contribution in [0.2, 0.25) is 0 Å². The number of thioether (sulfide) groups is 1. The van der Waals surface area contributed by atoms with Gasteiger partial charge in [0.1, 0.15) is 4.83 Å². The summed E-state index contributed by atoms with van der Waals surface area (Å²) in [5.41, 5.74) is 4.15. The Morgan fingerprint density at radius 3 is 2.89 bits per heavy atom. The standard InChI is InChI=1S/C20H21N3O2S2/c1-11-7-8-14(12(2)9-11)23-19(25)17-13-5-4-6-15(13)27-18(17)22-20(23)26-10-16(24)21-3/h7-9H,4-6,10H2,1-3H3,(H,21,24). The fourth-order valence-electron chi connectivity index (χ4n) is 3.59. The number of nitrogens with one attached hydrogen (secondary N) is 1. The van der Waals surface area contributed by atoms with Gasteiger partial charge in [-0.1, -0.05) is 29.5 Å². The SMILES string of the molecule is CNC(=O)CSc1nc2sc3c(c2c(=O)n1-c1ccc(C)cc1C)CCC3. The minimum Gasteiger partial charge on any atom is -0.358 e. The lowest BCUT2D eigenvalue weighted by Gasteiger charge is -2.15. The van der Waals surface area contributed by atoms with E-state index in [1.807, 2.05) is 26.0 Å². The molecule has 0 saturated heterocycles. The Morgan fingerprint density at radius 1 is 1.33 bits per heavy atom. The summed E-state index contributed by atoms with van der Waals surface area (Å²) in [6.07, 6.45) is 3.08. The second-order valence-electron chi connectivity index (χ2n) is 6.82. The molecule has 7 heteroatoms. The molecule has 0 fully saturated rings. The Kier molecular flexibility index (Phi) is 4.82. The van der Waals surface area contributed by atoms with Gasteiger partial charge in [-0.05, 0) is 50.3 Å². The first kappa shape index (κ1) is 18.3. The molecule has 1 amide bonds. The van der Waals surface area contributed by atoms with E-state index in [0.717, 1.165) is 46.3 Å². The second kappa shape index (κ2) is 7.13. The molecule has 0 saturated carbocycles. The molecule has 4 rings (SSSR count). The maximum atomic E-state index is 13.5. The van der Waals surface area contributed by atoms with Crippen molar-refractivity contribution in [2.24, 2.45) is 0 Å². The minimum atomic E-state index is -0.0878. The van der Waals surface area contributed by atoms with E-state index in [0.29, 0.717) is 5.16 Å². The number of hydrogen-bond acceptors (Lipinski definition) is 5. The Morgan fingerprint density at radius 2 is 2.15 bits per heavy atom. The summed E-state index contributed by atoms with van der Waals surface area (Å²) in [7, 11) is 1.61. The van der Waals surface area contributed by atoms with Crippen LogP contribution < -0.4 is 10.9 Å². The molecule has 140 valence electrons. The summed E-state index contributed by atoms with van der Waals surface area (Å²) in [6.45, 7) is 4.04. The summed E-state index contributed by atoms with van der Waals surface area (Å²) in [4.78, 5) is 32.2. The van der Waals surface area contributed by atoms with Crippen LogP contribution in [0.4, 0.5) is 0 Å². The van der Waals surface area contributed by atoms with Gasteiger partial charge in [0.05, 0.1) is 16.8 Å². The summed E-state index contributed by atoms with van der Waals surface area (Å²) in [5.74, 6) is 0.139. The van der Waals surface area contributed by atoms with Crippen LogP contribution in [0.15, 0.2) is 28.2 Å². The van der Waals surface area contributed by atoms with E-state index in [9.17, 15) is 9.59 Å². The van der Waals surface area contributed by atoms with Crippen LogP contribution in [-0.2, 0) is 17.6 Å². The Balaban J connectivity index is 1.96. The molecular formula is C20H21N3O2S2. The van der Waals surface area contributed by atoms with Crippen molar-refractivity contribution < 1.29 is 4.79 Å². The van der Waals surface area contributed by atoms with Crippen LogP contribution in [0.3, 0.4) is 0 Å². The van der Waals surface area contributed by atoms with Gasteiger partial charge in [0.25, 0.3) is 5.56 Å². The summed E-state index contributed by atoms with van der Waals surface area (Å²) in [5, 5.41) is 3.96. The van der Waals surface area contributed by atoms with E-state index < -0.39 is 0 Å². The Labute approximate surface area is 165 Å². The van der Waals surface area contributed by atoms with Crippen molar-refractivity contribution in [2.45, 2.75) is 38.3 Å². The number of hydrogen-bond donors (Lipinski definition) is 1. The lowest BCUT2D eigenvalue weighted by Crippen LogP contribution is -2.24. The van der Waals surface area contributed by atoms with Gasteiger partial charge < -0.3 is 5.32 Å². The highest BCUT2D eigenvalue weighted by atomic mass is 32.2. The van der Waals surface area contributed by atoms with Crippen molar-refractivity contribution in [3.05, 3.63) is 50.1 Å². The van der Waals surface area contributed by atoms with E-state index in [1.165, 1.54) is 22.2 Å². The van der Waals surface area contributed by atoms with E-state index in [4.69, 9.17) is 4.98 Å². The number of amides is 1. The highest BCUT2D eigenvalue weighted by Gasteiger charge is 2.24. The highest BCUT2D eigenvalue weighted by Crippen LogP contribution is 2.36. The third-order valence-electron chi connectivity index (χ3n) is 4.91. The number of carbonyl (C=O) groups excluding carboxylic acids is 1. The van der Waals surface area contributed by atoms with Crippen molar-refractivity contribution in [3.8, 4) is 5.69 Å². The smallest absolute Gasteiger partial charge is 0.267 e. The molecule has 0 spiro atoms. The zero-order valence-corrected chi connectivity index (χ0v) is 17.2. The number of fused-ring (bicyclic) bond motifs is 3. The number of rotatable bonds is 4. The van der Waals surface area contributed by atoms with Gasteiger partial charge in [0.2, 0.25) is 5.91 Å². The second-order valence-corrected chi connectivity index (χ2v) is 8.85. The molecular weight excluding hydrogens is 378 g/mol. The highest BCUT2D eigenvalue weighted by molar-refractivity contribution is 7.99. The van der Waals surface area contributed by atoms with Gasteiger partial charge in [0, 0.05) is 11.9 Å². The van der Waals surface area contributed by atoms with Crippen LogP contribution in [0.5, 0.6) is 0 Å². The van der Waals surface area contributed by atoms with Crippen LogP contribution in [0.25, 0.3) is 15.9 Å². The average molecular weight is 400 g/mol. The van der Waals surface area contributed by atoms with Gasteiger partial charge in [-0.2, -0.15) is 0 Å². The first-order chi connectivity index (χ1) is 13.0. The zero-order chi connectivity index (χ0) is 19.1. The van der Waals surface area contributed by atoms with E-state index in [1.54, 1.807) is 23.0 Å². The molecule has 1 aliphatic carbocycles. The van der Waals surface area contributed by atoms with Crippen molar-refractivity contribution in [1.29, 1.82) is 0 Å². The number of thiophene rings is 1. The fraction of sp³-hybridized carbons (Fsp3) is 0.350. The lowest BCUT2D eigenvalue weighted by atomic mass is 10.1. The maximum absolute atomic E-state index is 13.5. The number of nitrogens with zero attached hydrogens (tertiary/aromatic N) is 2. The molecule has 1 N–H and O–H groups in total.